The monoisotopic (exact) mass is 338 g/mol. The van der Waals surface area contributed by atoms with Gasteiger partial charge in [-0.3, -0.25) is 19.9 Å². The fourth-order valence-electron chi connectivity index (χ4n) is 2.67. The molecule has 136 valence electrons. The fraction of sp³-hybridized carbons (Fsp3) is 0.765. The number of aromatic nitrogens is 1. The van der Waals surface area contributed by atoms with Crippen molar-refractivity contribution < 1.29 is 14.4 Å². The number of hydrogen-bond donors (Lipinski definition) is 2. The molecule has 1 aliphatic rings. The lowest BCUT2D eigenvalue weighted by atomic mass is 9.89. The Bertz CT molecular complexity index is 544. The number of aliphatic hydroxyl groups is 1. The van der Waals surface area contributed by atoms with E-state index in [1.165, 1.54) is 0 Å². The molecular formula is C17H30N4O3. The van der Waals surface area contributed by atoms with Crippen LogP contribution in [0.5, 0.6) is 0 Å². The van der Waals surface area contributed by atoms with Crippen LogP contribution in [0.1, 0.15) is 33.4 Å². The van der Waals surface area contributed by atoms with Crippen LogP contribution < -0.4 is 5.32 Å². The van der Waals surface area contributed by atoms with Crippen LogP contribution in [0, 0.1) is 12.3 Å². The number of aliphatic hydroxyl groups excluding tert-OH is 1. The van der Waals surface area contributed by atoms with E-state index < -0.39 is 0 Å². The van der Waals surface area contributed by atoms with E-state index >= 15 is 0 Å². The fourth-order valence-corrected chi connectivity index (χ4v) is 2.67. The maximum Gasteiger partial charge on any atom is 0.243 e. The summed E-state index contributed by atoms with van der Waals surface area (Å²) in [4.78, 5) is 16.7. The number of carbonyl (C=O) groups excluding carboxylic acids is 1. The Labute approximate surface area is 144 Å². The standard InChI is InChI=1S/C17H30N4O3/c1-12-10-15(24-19-12)18-16(23)13(2)21-8-6-20(7-9-21)11-14(22)17(3,4)5/h10,13-14,22H,6-9,11H2,1-5H3,(H,18,23)/t13-,14+/m1/s1. The van der Waals surface area contributed by atoms with Gasteiger partial charge in [0.25, 0.3) is 0 Å². The first kappa shape index (κ1) is 18.9. The minimum absolute atomic E-state index is 0.0886. The highest BCUT2D eigenvalue weighted by molar-refractivity contribution is 5.93. The Morgan fingerprint density at radius 1 is 1.38 bits per heavy atom. The number of piperazine rings is 1. The summed E-state index contributed by atoms with van der Waals surface area (Å²) in [5.74, 6) is 0.297. The zero-order valence-corrected chi connectivity index (χ0v) is 15.4. The van der Waals surface area contributed by atoms with Crippen molar-refractivity contribution >= 4 is 11.8 Å². The minimum atomic E-state index is -0.348. The van der Waals surface area contributed by atoms with Crippen molar-refractivity contribution in [3.63, 3.8) is 0 Å². The van der Waals surface area contributed by atoms with Gasteiger partial charge >= 0.3 is 0 Å². The van der Waals surface area contributed by atoms with Gasteiger partial charge in [0.15, 0.2) is 0 Å². The third-order valence-electron chi connectivity index (χ3n) is 4.64. The molecule has 0 bridgehead atoms. The second-order valence-corrected chi connectivity index (χ2v) is 7.72. The number of β-amino-alcohol motifs (C(OH)–C–C–N with tert-alkyl or cyclic N) is 1. The van der Waals surface area contributed by atoms with Gasteiger partial charge in [0.1, 0.15) is 0 Å². The molecular weight excluding hydrogens is 308 g/mol. The summed E-state index contributed by atoms with van der Waals surface area (Å²) in [7, 11) is 0. The van der Waals surface area contributed by atoms with Crippen molar-refractivity contribution in [2.45, 2.75) is 46.8 Å². The number of anilines is 1. The molecule has 2 heterocycles. The average molecular weight is 338 g/mol. The van der Waals surface area contributed by atoms with Crippen LogP contribution in [0.25, 0.3) is 0 Å². The molecule has 1 aliphatic heterocycles. The van der Waals surface area contributed by atoms with Crippen molar-refractivity contribution in [2.75, 3.05) is 38.0 Å². The third kappa shape index (κ3) is 5.03. The predicted octanol–water partition coefficient (Wildman–Crippen LogP) is 1.33. The summed E-state index contributed by atoms with van der Waals surface area (Å²) in [6.07, 6.45) is -0.348. The number of rotatable bonds is 5. The summed E-state index contributed by atoms with van der Waals surface area (Å²) >= 11 is 0. The van der Waals surface area contributed by atoms with Crippen LogP contribution in [0.15, 0.2) is 10.6 Å². The number of nitrogens with one attached hydrogen (secondary N) is 1. The van der Waals surface area contributed by atoms with E-state index in [1.54, 1.807) is 6.07 Å². The first-order chi connectivity index (χ1) is 11.2. The Balaban J connectivity index is 1.79. The number of amides is 1. The molecule has 0 saturated carbocycles. The largest absolute Gasteiger partial charge is 0.391 e. The second-order valence-electron chi connectivity index (χ2n) is 7.72. The molecule has 0 unspecified atom stereocenters. The predicted molar refractivity (Wildman–Crippen MR) is 92.8 cm³/mol. The lowest BCUT2D eigenvalue weighted by molar-refractivity contribution is -0.121. The van der Waals surface area contributed by atoms with Crippen molar-refractivity contribution in [3.05, 3.63) is 11.8 Å². The van der Waals surface area contributed by atoms with Gasteiger partial charge in [-0.1, -0.05) is 25.9 Å². The zero-order valence-electron chi connectivity index (χ0n) is 15.4. The molecule has 7 nitrogen and oxygen atoms in total. The summed E-state index contributed by atoms with van der Waals surface area (Å²) in [6.45, 7) is 13.9. The highest BCUT2D eigenvalue weighted by Crippen LogP contribution is 2.20. The van der Waals surface area contributed by atoms with Crippen molar-refractivity contribution in [3.8, 4) is 0 Å². The topological polar surface area (TPSA) is 81.8 Å². The lowest BCUT2D eigenvalue weighted by Gasteiger charge is -2.39. The molecule has 2 N–H and O–H groups in total. The normalized spacial score (nSPS) is 19.9. The first-order valence-electron chi connectivity index (χ1n) is 8.55. The number of carbonyl (C=O) groups is 1. The quantitative estimate of drug-likeness (QED) is 0.843. The van der Waals surface area contributed by atoms with Gasteiger partial charge in [-0.15, -0.1) is 0 Å². The van der Waals surface area contributed by atoms with Gasteiger partial charge in [0, 0.05) is 38.8 Å². The van der Waals surface area contributed by atoms with E-state index in [1.807, 2.05) is 34.6 Å². The molecule has 2 atom stereocenters. The highest BCUT2D eigenvalue weighted by atomic mass is 16.5. The molecule has 1 saturated heterocycles. The van der Waals surface area contributed by atoms with Crippen molar-refractivity contribution in [1.29, 1.82) is 0 Å². The Hall–Kier alpha value is -1.44. The molecule has 2 rings (SSSR count). The minimum Gasteiger partial charge on any atom is -0.391 e. The number of aryl methyl sites for hydroxylation is 1. The highest BCUT2D eigenvalue weighted by Gasteiger charge is 2.29. The van der Waals surface area contributed by atoms with Crippen LogP contribution in [0.4, 0.5) is 5.88 Å². The van der Waals surface area contributed by atoms with Gasteiger partial charge in [0.05, 0.1) is 17.8 Å². The van der Waals surface area contributed by atoms with Crippen molar-refractivity contribution in [1.82, 2.24) is 15.0 Å². The smallest absolute Gasteiger partial charge is 0.243 e. The van der Waals surface area contributed by atoms with Gasteiger partial charge < -0.3 is 9.63 Å². The third-order valence-corrected chi connectivity index (χ3v) is 4.64. The molecule has 1 amide bonds. The lowest BCUT2D eigenvalue weighted by Crippen LogP contribution is -2.54. The van der Waals surface area contributed by atoms with E-state index in [2.05, 4.69) is 20.3 Å². The van der Waals surface area contributed by atoms with Crippen LogP contribution in [0.2, 0.25) is 0 Å². The Morgan fingerprint density at radius 3 is 2.50 bits per heavy atom. The average Bonchev–Trinajstić information content (AvgIpc) is 2.91. The zero-order chi connectivity index (χ0) is 17.9. The second kappa shape index (κ2) is 7.63. The van der Waals surface area contributed by atoms with Crippen molar-refractivity contribution in [2.24, 2.45) is 5.41 Å². The van der Waals surface area contributed by atoms with E-state index in [9.17, 15) is 9.90 Å². The van der Waals surface area contributed by atoms with E-state index in [0.717, 1.165) is 31.9 Å². The molecule has 0 radical (unpaired) electrons. The molecule has 0 aromatic carbocycles. The van der Waals surface area contributed by atoms with Crippen LogP contribution >= 0.6 is 0 Å². The molecule has 0 spiro atoms. The first-order valence-corrected chi connectivity index (χ1v) is 8.55. The van der Waals surface area contributed by atoms with Gasteiger partial charge in [-0.25, -0.2) is 0 Å². The molecule has 1 aromatic rings. The molecule has 0 aliphatic carbocycles. The van der Waals surface area contributed by atoms with Gasteiger partial charge in [-0.05, 0) is 19.3 Å². The molecule has 1 fully saturated rings. The summed E-state index contributed by atoms with van der Waals surface area (Å²) < 4.78 is 5.03. The number of nitrogens with zero attached hydrogens (tertiary/aromatic N) is 3. The summed E-state index contributed by atoms with van der Waals surface area (Å²) in [5.41, 5.74) is 0.628. The van der Waals surface area contributed by atoms with Crippen LogP contribution in [0.3, 0.4) is 0 Å². The van der Waals surface area contributed by atoms with Crippen LogP contribution in [-0.2, 0) is 4.79 Å². The van der Waals surface area contributed by atoms with Crippen LogP contribution in [-0.4, -0.2) is 70.8 Å². The molecule has 7 heteroatoms. The Kier molecular flexibility index (Phi) is 6.01. The Morgan fingerprint density at radius 2 is 2.00 bits per heavy atom. The SMILES string of the molecule is Cc1cc(NC(=O)[C@@H](C)N2CCN(C[C@H](O)C(C)(C)C)CC2)on1. The van der Waals surface area contributed by atoms with E-state index in [-0.39, 0.29) is 23.5 Å². The summed E-state index contributed by atoms with van der Waals surface area (Å²) in [6, 6.07) is 1.47. The summed E-state index contributed by atoms with van der Waals surface area (Å²) in [5, 5.41) is 16.8. The van der Waals surface area contributed by atoms with E-state index in [0.29, 0.717) is 12.4 Å². The maximum absolute atomic E-state index is 12.3. The maximum atomic E-state index is 12.3. The van der Waals surface area contributed by atoms with E-state index in [4.69, 9.17) is 4.52 Å². The number of hydrogen-bond acceptors (Lipinski definition) is 6. The van der Waals surface area contributed by atoms with Gasteiger partial charge in [0.2, 0.25) is 11.8 Å². The molecule has 1 aromatic heterocycles. The van der Waals surface area contributed by atoms with Gasteiger partial charge in [-0.2, -0.15) is 0 Å². The molecule has 24 heavy (non-hydrogen) atoms.